The Hall–Kier alpha value is -0.0582. The molecule has 0 spiro atoms. The van der Waals surface area contributed by atoms with Gasteiger partial charge < -0.3 is 4.48 Å². The Labute approximate surface area is 118 Å². The highest BCUT2D eigenvalue weighted by molar-refractivity contribution is 7.81. The van der Waals surface area contributed by atoms with E-state index in [1.807, 2.05) is 6.08 Å². The first-order valence-corrected chi connectivity index (χ1v) is 9.59. The Kier molecular flexibility index (Phi) is 6.19. The highest BCUT2D eigenvalue weighted by Crippen LogP contribution is 2.39. The largest absolute Gasteiger partial charge is 0.420 e. The highest BCUT2D eigenvalue weighted by atomic mass is 35.5. The van der Waals surface area contributed by atoms with Gasteiger partial charge >= 0.3 is 6.26 Å². The second-order valence-electron chi connectivity index (χ2n) is 5.68. The third kappa shape index (κ3) is 3.97. The van der Waals surface area contributed by atoms with Crippen LogP contribution < -0.4 is 0 Å². The summed E-state index contributed by atoms with van der Waals surface area (Å²) in [5, 5.41) is 0.189. The van der Waals surface area contributed by atoms with Crippen molar-refractivity contribution in [3.63, 3.8) is 0 Å². The maximum Gasteiger partial charge on any atom is 0.357 e. The molecule has 0 radical (unpaired) electrons. The third-order valence-electron chi connectivity index (χ3n) is 3.49. The van der Waals surface area contributed by atoms with E-state index in [1.165, 1.54) is 0 Å². The monoisotopic (exact) mass is 287 g/mol. The fraction of sp³-hybridized carbons (Fsp3) is 0.583. The summed E-state index contributed by atoms with van der Waals surface area (Å²) in [4.78, 5) is 0.749. The number of allylic oxidation sites excluding steroid dienone is 1. The van der Waals surface area contributed by atoms with Crippen LogP contribution in [0.25, 0.3) is 0 Å². The molecule has 0 rings (SSSR count). The van der Waals surface area contributed by atoms with Crippen molar-refractivity contribution in [2.45, 2.75) is 45.2 Å². The van der Waals surface area contributed by atoms with Gasteiger partial charge in [-0.05, 0) is 17.4 Å². The lowest BCUT2D eigenvalue weighted by atomic mass is 9.87. The van der Waals surface area contributed by atoms with Crippen molar-refractivity contribution < 1.29 is 0 Å². The zero-order valence-corrected chi connectivity index (χ0v) is 14.2. The van der Waals surface area contributed by atoms with Gasteiger partial charge in [0.1, 0.15) is 8.24 Å². The van der Waals surface area contributed by atoms with Gasteiger partial charge in [0.2, 0.25) is 0 Å². The number of nitrogens with zero attached hydrogens (tertiary/aromatic N) is 1. The summed E-state index contributed by atoms with van der Waals surface area (Å²) in [6.07, 6.45) is 4.15. The molecule has 0 unspecified atom stereocenters. The summed E-state index contributed by atoms with van der Waals surface area (Å²) < 4.78 is 2.19. The molecule has 96 valence electrons. The minimum absolute atomic E-state index is 0.126. The van der Waals surface area contributed by atoms with E-state index >= 15 is 0 Å². The van der Waals surface area contributed by atoms with Crippen LogP contribution in [0.1, 0.15) is 20.8 Å². The first-order valence-electron chi connectivity index (χ1n) is 5.80. The van der Waals surface area contributed by atoms with E-state index in [2.05, 4.69) is 51.5 Å². The summed E-state index contributed by atoms with van der Waals surface area (Å²) in [7, 11) is -1.78. The molecule has 0 aliphatic carbocycles. The highest BCUT2D eigenvalue weighted by Gasteiger charge is 2.44. The molecule has 0 saturated carbocycles. The van der Waals surface area contributed by atoms with Crippen molar-refractivity contribution in [1.82, 2.24) is 4.48 Å². The van der Waals surface area contributed by atoms with E-state index in [-0.39, 0.29) is 11.3 Å². The van der Waals surface area contributed by atoms with E-state index in [1.54, 1.807) is 6.08 Å². The Morgan fingerprint density at radius 2 is 1.88 bits per heavy atom. The van der Waals surface area contributed by atoms with Crippen molar-refractivity contribution in [2.24, 2.45) is 0 Å². The molecule has 0 fully saturated rings. The zero-order chi connectivity index (χ0) is 13.9. The number of thiocarbonyl (C=S) groups is 1. The van der Waals surface area contributed by atoms with Gasteiger partial charge in [-0.15, -0.1) is 6.58 Å². The summed E-state index contributed by atoms with van der Waals surface area (Å²) >= 11 is 11.9. The van der Waals surface area contributed by atoms with Crippen LogP contribution in [0.2, 0.25) is 24.5 Å². The Morgan fingerprint density at radius 3 is 2.18 bits per heavy atom. The summed E-state index contributed by atoms with van der Waals surface area (Å²) in [5.74, 6) is 0. The van der Waals surface area contributed by atoms with Crippen molar-refractivity contribution >= 4 is 43.2 Å². The lowest BCUT2D eigenvalue weighted by Gasteiger charge is -2.48. The molecular formula is C12H23BClNSSi. The molecule has 0 heterocycles. The summed E-state index contributed by atoms with van der Waals surface area (Å²) in [5.41, 5.74) is 0. The van der Waals surface area contributed by atoms with E-state index in [0.29, 0.717) is 0 Å². The Morgan fingerprint density at radius 1 is 1.41 bits per heavy atom. The van der Waals surface area contributed by atoms with Crippen molar-refractivity contribution in [3.05, 3.63) is 25.3 Å². The normalized spacial score (nSPS) is 11.9. The first kappa shape index (κ1) is 16.9. The Balaban J connectivity index is 5.39. The molecule has 0 amide bonds. The van der Waals surface area contributed by atoms with Gasteiger partial charge in [-0.1, -0.05) is 58.7 Å². The molecule has 0 N–H and O–H groups in total. The zero-order valence-electron chi connectivity index (χ0n) is 11.6. The molecule has 17 heavy (non-hydrogen) atoms. The molecule has 0 aliphatic heterocycles. The average Bonchev–Trinajstić information content (AvgIpc) is 2.15. The van der Waals surface area contributed by atoms with Crippen LogP contribution in [0.3, 0.4) is 0 Å². The predicted octanol–water partition coefficient (Wildman–Crippen LogP) is 4.72. The van der Waals surface area contributed by atoms with Gasteiger partial charge in [0.25, 0.3) is 0 Å². The van der Waals surface area contributed by atoms with Gasteiger partial charge in [0.15, 0.2) is 0 Å². The SMILES string of the molecule is C=CCB(Cl)N(C(=S)C=C)[Si](C)(C)C(C)(C)C. The van der Waals surface area contributed by atoms with E-state index in [9.17, 15) is 0 Å². The molecular weight excluding hydrogens is 265 g/mol. The standard InChI is InChI=1S/C12H23BClNSSi/c1-8-10-13(14)15(11(16)9-2)17(6,7)12(3,4)5/h8-9H,1-2,10H2,3-7H3. The van der Waals surface area contributed by atoms with Gasteiger partial charge in [-0.3, -0.25) is 0 Å². The second kappa shape index (κ2) is 6.21. The molecule has 0 atom stereocenters. The molecule has 0 bridgehead atoms. The van der Waals surface area contributed by atoms with Crippen molar-refractivity contribution in [3.8, 4) is 0 Å². The van der Waals surface area contributed by atoms with Crippen LogP contribution in [0.4, 0.5) is 0 Å². The van der Waals surface area contributed by atoms with Crippen LogP contribution in [-0.2, 0) is 0 Å². The van der Waals surface area contributed by atoms with Gasteiger partial charge in [-0.25, -0.2) is 0 Å². The van der Waals surface area contributed by atoms with Crippen LogP contribution in [0.5, 0.6) is 0 Å². The van der Waals surface area contributed by atoms with E-state index < -0.39 is 8.24 Å². The number of halogens is 1. The summed E-state index contributed by atoms with van der Waals surface area (Å²) in [6.45, 7) is 18.8. The number of rotatable bonds is 5. The Bertz CT molecular complexity index is 312. The minimum atomic E-state index is -1.78. The lowest BCUT2D eigenvalue weighted by Crippen LogP contribution is -2.60. The van der Waals surface area contributed by atoms with E-state index in [0.717, 1.165) is 11.3 Å². The smallest absolute Gasteiger partial charge is 0.357 e. The molecule has 0 aromatic heterocycles. The molecule has 0 aromatic rings. The first-order chi connectivity index (χ1) is 7.59. The van der Waals surface area contributed by atoms with Crippen molar-refractivity contribution in [2.75, 3.05) is 0 Å². The van der Waals surface area contributed by atoms with E-state index in [4.69, 9.17) is 23.7 Å². The van der Waals surface area contributed by atoms with Crippen LogP contribution in [0, 0.1) is 0 Å². The summed E-state index contributed by atoms with van der Waals surface area (Å²) in [6, 6.07) is 0. The predicted molar refractivity (Wildman–Crippen MR) is 88.4 cm³/mol. The fourth-order valence-electron chi connectivity index (χ4n) is 1.47. The molecule has 0 saturated heterocycles. The molecule has 0 aliphatic rings. The average molecular weight is 288 g/mol. The van der Waals surface area contributed by atoms with Gasteiger partial charge in [0, 0.05) is 0 Å². The molecule has 5 heteroatoms. The number of hydrogen-bond donors (Lipinski definition) is 0. The maximum atomic E-state index is 6.47. The topological polar surface area (TPSA) is 3.24 Å². The van der Waals surface area contributed by atoms with Crippen molar-refractivity contribution in [1.29, 1.82) is 0 Å². The maximum absolute atomic E-state index is 6.47. The van der Waals surface area contributed by atoms with Gasteiger partial charge in [0.05, 0.1) is 4.99 Å². The van der Waals surface area contributed by atoms with Gasteiger partial charge in [-0.2, -0.15) is 11.5 Å². The second-order valence-corrected chi connectivity index (χ2v) is 11.7. The molecule has 1 nitrogen and oxygen atoms in total. The van der Waals surface area contributed by atoms with Crippen LogP contribution >= 0.6 is 23.7 Å². The quantitative estimate of drug-likeness (QED) is 0.311. The minimum Gasteiger partial charge on any atom is -0.420 e. The number of hydrogen-bond acceptors (Lipinski definition) is 1. The lowest BCUT2D eigenvalue weighted by molar-refractivity contribution is 0.673. The third-order valence-corrected chi connectivity index (χ3v) is 9.98. The van der Waals surface area contributed by atoms with Crippen LogP contribution in [0.15, 0.2) is 25.3 Å². The molecule has 0 aromatic carbocycles. The fourth-order valence-corrected chi connectivity index (χ4v) is 5.47. The van der Waals surface area contributed by atoms with Crippen LogP contribution in [-0.4, -0.2) is 24.0 Å².